The number of likely N-dealkylation sites (tertiary alicyclic amines) is 1. The number of nitrogens with one attached hydrogen (secondary N) is 1. The topological polar surface area (TPSA) is 83.6 Å². The van der Waals surface area contributed by atoms with Crippen molar-refractivity contribution in [3.05, 3.63) is 30.3 Å². The van der Waals surface area contributed by atoms with Gasteiger partial charge in [0.25, 0.3) is 0 Å². The van der Waals surface area contributed by atoms with E-state index < -0.39 is 9.84 Å². The summed E-state index contributed by atoms with van der Waals surface area (Å²) in [7, 11) is -3.39. The lowest BCUT2D eigenvalue weighted by molar-refractivity contribution is -0.133. The van der Waals surface area contributed by atoms with Gasteiger partial charge in [-0.2, -0.15) is 0 Å². The largest absolute Gasteiger partial charge is 0.355 e. The Bertz CT molecular complexity index is 658. The lowest BCUT2D eigenvalue weighted by Crippen LogP contribution is -2.45. The van der Waals surface area contributed by atoms with E-state index in [-0.39, 0.29) is 34.9 Å². The second kappa shape index (κ2) is 7.59. The minimum Gasteiger partial charge on any atom is -0.355 e. The Balaban J connectivity index is 1.84. The van der Waals surface area contributed by atoms with E-state index in [0.717, 1.165) is 12.8 Å². The van der Waals surface area contributed by atoms with Crippen molar-refractivity contribution in [1.29, 1.82) is 0 Å². The van der Waals surface area contributed by atoms with Crippen molar-refractivity contribution in [2.45, 2.75) is 24.7 Å². The summed E-state index contributed by atoms with van der Waals surface area (Å²) in [5.41, 5.74) is 0. The quantitative estimate of drug-likeness (QED) is 0.862. The summed E-state index contributed by atoms with van der Waals surface area (Å²) in [4.78, 5) is 25.4. The highest BCUT2D eigenvalue weighted by molar-refractivity contribution is 7.91. The predicted molar refractivity (Wildman–Crippen MR) is 86.5 cm³/mol. The number of sulfone groups is 1. The molecule has 1 aromatic rings. The monoisotopic (exact) mass is 338 g/mol. The molecule has 0 aliphatic carbocycles. The molecule has 6 nitrogen and oxygen atoms in total. The van der Waals surface area contributed by atoms with Gasteiger partial charge in [0, 0.05) is 26.6 Å². The molecular formula is C16H22N2O4S. The van der Waals surface area contributed by atoms with E-state index in [1.807, 2.05) is 0 Å². The Hall–Kier alpha value is -1.89. The fourth-order valence-corrected chi connectivity index (χ4v) is 3.85. The van der Waals surface area contributed by atoms with E-state index in [1.54, 1.807) is 35.2 Å². The minimum absolute atomic E-state index is 0.0332. The normalized spacial score (nSPS) is 18.5. The molecule has 23 heavy (non-hydrogen) atoms. The number of rotatable bonds is 5. The molecule has 2 rings (SSSR count). The van der Waals surface area contributed by atoms with Crippen molar-refractivity contribution in [3.8, 4) is 0 Å². The standard InChI is InChI=1S/C16H22N2O4S/c1-13(19)18-10-5-6-14(12-18)16(20)17-9-11-23(21,22)15-7-3-2-4-8-15/h2-4,7-8,14H,5-6,9-12H2,1H3,(H,17,20)/t14-/m0/s1. The molecule has 0 saturated carbocycles. The van der Waals surface area contributed by atoms with Crippen LogP contribution >= 0.6 is 0 Å². The van der Waals surface area contributed by atoms with Crippen LogP contribution in [0.5, 0.6) is 0 Å². The van der Waals surface area contributed by atoms with Crippen LogP contribution in [0.2, 0.25) is 0 Å². The maximum Gasteiger partial charge on any atom is 0.224 e. The maximum absolute atomic E-state index is 12.1. The highest BCUT2D eigenvalue weighted by Gasteiger charge is 2.27. The van der Waals surface area contributed by atoms with E-state index >= 15 is 0 Å². The molecule has 1 aromatic carbocycles. The second-order valence-corrected chi connectivity index (χ2v) is 7.84. The Morgan fingerprint density at radius 1 is 1.26 bits per heavy atom. The van der Waals surface area contributed by atoms with Crippen molar-refractivity contribution in [1.82, 2.24) is 10.2 Å². The minimum atomic E-state index is -3.39. The number of piperidine rings is 1. The number of nitrogens with zero attached hydrogens (tertiary/aromatic N) is 1. The zero-order valence-electron chi connectivity index (χ0n) is 13.2. The summed E-state index contributed by atoms with van der Waals surface area (Å²) in [5, 5.41) is 2.68. The number of hydrogen-bond acceptors (Lipinski definition) is 4. The first-order chi connectivity index (χ1) is 10.9. The molecule has 0 spiro atoms. The number of amides is 2. The molecule has 1 aliphatic heterocycles. The maximum atomic E-state index is 12.1. The molecule has 7 heteroatoms. The summed E-state index contributed by atoms with van der Waals surface area (Å²) in [6, 6.07) is 8.18. The molecule has 1 heterocycles. The van der Waals surface area contributed by atoms with Gasteiger partial charge in [-0.05, 0) is 25.0 Å². The predicted octanol–water partition coefficient (Wildman–Crippen LogP) is 0.835. The Labute approximate surface area is 136 Å². The third-order valence-electron chi connectivity index (χ3n) is 4.01. The van der Waals surface area contributed by atoms with Gasteiger partial charge in [-0.3, -0.25) is 9.59 Å². The van der Waals surface area contributed by atoms with Gasteiger partial charge in [0.2, 0.25) is 11.8 Å². The molecular weight excluding hydrogens is 316 g/mol. The first-order valence-corrected chi connectivity index (χ1v) is 9.36. The number of hydrogen-bond donors (Lipinski definition) is 1. The zero-order chi connectivity index (χ0) is 16.9. The molecule has 1 saturated heterocycles. The molecule has 0 bridgehead atoms. The van der Waals surface area contributed by atoms with Gasteiger partial charge >= 0.3 is 0 Å². The van der Waals surface area contributed by atoms with Crippen LogP contribution in [0.4, 0.5) is 0 Å². The summed E-state index contributed by atoms with van der Waals surface area (Å²) >= 11 is 0. The first-order valence-electron chi connectivity index (χ1n) is 7.71. The molecule has 0 radical (unpaired) electrons. The summed E-state index contributed by atoms with van der Waals surface area (Å²) in [5.74, 6) is -0.605. The molecule has 126 valence electrons. The second-order valence-electron chi connectivity index (χ2n) is 5.73. The average Bonchev–Trinajstić information content (AvgIpc) is 2.55. The smallest absolute Gasteiger partial charge is 0.224 e. The average molecular weight is 338 g/mol. The molecule has 1 N–H and O–H groups in total. The third-order valence-corrected chi connectivity index (χ3v) is 5.74. The lowest BCUT2D eigenvalue weighted by atomic mass is 9.97. The number of carbonyl (C=O) groups is 2. The van der Waals surface area contributed by atoms with Gasteiger partial charge in [0.05, 0.1) is 16.6 Å². The van der Waals surface area contributed by atoms with Crippen LogP contribution in [0, 0.1) is 5.92 Å². The van der Waals surface area contributed by atoms with Crippen molar-refractivity contribution in [3.63, 3.8) is 0 Å². The van der Waals surface area contributed by atoms with E-state index in [2.05, 4.69) is 5.32 Å². The van der Waals surface area contributed by atoms with Crippen molar-refractivity contribution in [2.75, 3.05) is 25.4 Å². The molecule has 2 amide bonds. The summed E-state index contributed by atoms with van der Waals surface area (Å²) < 4.78 is 24.3. The van der Waals surface area contributed by atoms with Crippen molar-refractivity contribution >= 4 is 21.7 Å². The molecule has 1 atom stereocenters. The van der Waals surface area contributed by atoms with Crippen LogP contribution in [-0.2, 0) is 19.4 Å². The Kier molecular flexibility index (Phi) is 5.76. The highest BCUT2D eigenvalue weighted by Crippen LogP contribution is 2.16. The highest BCUT2D eigenvalue weighted by atomic mass is 32.2. The Morgan fingerprint density at radius 3 is 2.61 bits per heavy atom. The fourth-order valence-electron chi connectivity index (χ4n) is 2.68. The first kappa shape index (κ1) is 17.5. The lowest BCUT2D eigenvalue weighted by Gasteiger charge is -2.31. The number of carbonyl (C=O) groups excluding carboxylic acids is 2. The van der Waals surface area contributed by atoms with Gasteiger partial charge in [-0.25, -0.2) is 8.42 Å². The molecule has 0 aromatic heterocycles. The van der Waals surface area contributed by atoms with Crippen molar-refractivity contribution < 1.29 is 18.0 Å². The van der Waals surface area contributed by atoms with Crippen molar-refractivity contribution in [2.24, 2.45) is 5.92 Å². The van der Waals surface area contributed by atoms with E-state index in [0.29, 0.717) is 13.1 Å². The number of benzene rings is 1. The zero-order valence-corrected chi connectivity index (χ0v) is 14.0. The van der Waals surface area contributed by atoms with Crippen LogP contribution in [0.15, 0.2) is 35.2 Å². The van der Waals surface area contributed by atoms with Crippen LogP contribution in [0.3, 0.4) is 0 Å². The van der Waals surface area contributed by atoms with E-state index in [1.165, 1.54) is 6.92 Å². The molecule has 1 fully saturated rings. The van der Waals surface area contributed by atoms with Crippen LogP contribution < -0.4 is 5.32 Å². The van der Waals surface area contributed by atoms with E-state index in [4.69, 9.17) is 0 Å². The SMILES string of the molecule is CC(=O)N1CCC[C@H](C(=O)NCCS(=O)(=O)c2ccccc2)C1. The van der Waals surface area contributed by atoms with Gasteiger partial charge in [0.1, 0.15) is 0 Å². The summed E-state index contributed by atoms with van der Waals surface area (Å²) in [6.45, 7) is 2.66. The molecule has 0 unspecified atom stereocenters. The van der Waals surface area contributed by atoms with Crippen LogP contribution in [0.1, 0.15) is 19.8 Å². The van der Waals surface area contributed by atoms with Gasteiger partial charge < -0.3 is 10.2 Å². The van der Waals surface area contributed by atoms with Gasteiger partial charge in [-0.15, -0.1) is 0 Å². The van der Waals surface area contributed by atoms with Gasteiger partial charge in [-0.1, -0.05) is 18.2 Å². The third kappa shape index (κ3) is 4.79. The van der Waals surface area contributed by atoms with Crippen LogP contribution in [-0.4, -0.2) is 50.5 Å². The Morgan fingerprint density at radius 2 is 1.96 bits per heavy atom. The fraction of sp³-hybridized carbons (Fsp3) is 0.500. The van der Waals surface area contributed by atoms with E-state index in [9.17, 15) is 18.0 Å². The summed E-state index contributed by atoms with van der Waals surface area (Å²) in [6.07, 6.45) is 1.51. The van der Waals surface area contributed by atoms with Crippen LogP contribution in [0.25, 0.3) is 0 Å². The molecule has 1 aliphatic rings. The van der Waals surface area contributed by atoms with Gasteiger partial charge in [0.15, 0.2) is 9.84 Å².